The molecule has 0 fully saturated rings. The predicted octanol–water partition coefficient (Wildman–Crippen LogP) is 4.32. The van der Waals surface area contributed by atoms with Crippen LogP contribution in [0.3, 0.4) is 0 Å². The molecular weight excluding hydrogens is 271 g/mol. The van der Waals surface area contributed by atoms with E-state index < -0.39 is 0 Å². The van der Waals surface area contributed by atoms with Gasteiger partial charge in [-0.3, -0.25) is 0 Å². The molecule has 0 spiro atoms. The van der Waals surface area contributed by atoms with Gasteiger partial charge < -0.3 is 5.32 Å². The molecule has 1 aromatic carbocycles. The molecule has 0 radical (unpaired) electrons. The van der Waals surface area contributed by atoms with E-state index in [0.717, 1.165) is 42.2 Å². The number of hydrogen-bond acceptors (Lipinski definition) is 3. The Bertz CT molecular complexity index is 578. The highest BCUT2D eigenvalue weighted by molar-refractivity contribution is 7.15. The number of nitrogens with zero attached hydrogens (tertiary/aromatic N) is 1. The molecular formula is C16H21FN2S. The van der Waals surface area contributed by atoms with Gasteiger partial charge in [-0.2, -0.15) is 0 Å². The van der Waals surface area contributed by atoms with Crippen molar-refractivity contribution in [3.05, 3.63) is 40.2 Å². The number of aromatic nitrogens is 1. The summed E-state index contributed by atoms with van der Waals surface area (Å²) in [5, 5.41) is 4.18. The summed E-state index contributed by atoms with van der Waals surface area (Å²) in [5.41, 5.74) is 2.62. The Balaban J connectivity index is 2.28. The maximum absolute atomic E-state index is 14.0. The van der Waals surface area contributed by atoms with Crippen LogP contribution < -0.4 is 5.32 Å². The normalized spacial score (nSPS) is 11.0. The lowest BCUT2D eigenvalue weighted by molar-refractivity contribution is 0.630. The molecule has 2 aromatic rings. The van der Waals surface area contributed by atoms with Gasteiger partial charge in [0.05, 0.1) is 5.69 Å². The second-order valence-electron chi connectivity index (χ2n) is 4.90. The van der Waals surface area contributed by atoms with Gasteiger partial charge in [0.15, 0.2) is 0 Å². The van der Waals surface area contributed by atoms with Gasteiger partial charge in [0, 0.05) is 17.0 Å². The minimum absolute atomic E-state index is 0.186. The van der Waals surface area contributed by atoms with Crippen molar-refractivity contribution >= 4 is 11.3 Å². The van der Waals surface area contributed by atoms with Gasteiger partial charge in [0.25, 0.3) is 0 Å². The molecule has 1 N–H and O–H groups in total. The van der Waals surface area contributed by atoms with Gasteiger partial charge in [-0.25, -0.2) is 9.37 Å². The number of aryl methyl sites for hydroxylation is 2. The molecule has 0 aliphatic rings. The van der Waals surface area contributed by atoms with Crippen LogP contribution in [0.1, 0.15) is 36.4 Å². The van der Waals surface area contributed by atoms with Crippen molar-refractivity contribution in [1.82, 2.24) is 10.3 Å². The molecule has 0 amide bonds. The van der Waals surface area contributed by atoms with Crippen LogP contribution in [-0.4, -0.2) is 11.5 Å². The molecule has 0 bridgehead atoms. The zero-order valence-electron chi connectivity index (χ0n) is 12.3. The van der Waals surface area contributed by atoms with E-state index in [0.29, 0.717) is 5.56 Å². The van der Waals surface area contributed by atoms with E-state index >= 15 is 0 Å². The molecule has 20 heavy (non-hydrogen) atoms. The first-order valence-electron chi connectivity index (χ1n) is 7.11. The van der Waals surface area contributed by atoms with Crippen LogP contribution in [-0.2, 0) is 13.0 Å². The molecule has 1 aromatic heterocycles. The van der Waals surface area contributed by atoms with Crippen molar-refractivity contribution in [2.45, 2.75) is 40.2 Å². The van der Waals surface area contributed by atoms with Gasteiger partial charge in [-0.15, -0.1) is 11.3 Å². The first kappa shape index (κ1) is 15.1. The standard InChI is InChI=1S/C16H21FN2S/c1-4-8-18-10-15-14(5-2)19-16(20-15)12-7-6-11(3)9-13(12)17/h6-7,9,18H,4-5,8,10H2,1-3H3. The Morgan fingerprint density at radius 2 is 2.10 bits per heavy atom. The van der Waals surface area contributed by atoms with E-state index in [9.17, 15) is 4.39 Å². The van der Waals surface area contributed by atoms with Crippen LogP contribution in [0.4, 0.5) is 4.39 Å². The molecule has 0 aliphatic carbocycles. The Kier molecular flexibility index (Phi) is 5.26. The fourth-order valence-corrected chi connectivity index (χ4v) is 3.23. The van der Waals surface area contributed by atoms with Crippen LogP contribution in [0.2, 0.25) is 0 Å². The zero-order valence-corrected chi connectivity index (χ0v) is 13.1. The molecule has 0 unspecified atom stereocenters. The topological polar surface area (TPSA) is 24.9 Å². The molecule has 0 saturated heterocycles. The smallest absolute Gasteiger partial charge is 0.133 e. The quantitative estimate of drug-likeness (QED) is 0.802. The number of benzene rings is 1. The summed E-state index contributed by atoms with van der Waals surface area (Å²) in [4.78, 5) is 5.83. The Hall–Kier alpha value is -1.26. The van der Waals surface area contributed by atoms with E-state index in [2.05, 4.69) is 24.1 Å². The Morgan fingerprint density at radius 1 is 1.30 bits per heavy atom. The maximum atomic E-state index is 14.0. The lowest BCUT2D eigenvalue weighted by atomic mass is 10.1. The summed E-state index contributed by atoms with van der Waals surface area (Å²) in [6.45, 7) is 7.95. The van der Waals surface area contributed by atoms with Gasteiger partial charge in [-0.05, 0) is 44.0 Å². The fraction of sp³-hybridized carbons (Fsp3) is 0.438. The molecule has 0 aliphatic heterocycles. The molecule has 0 atom stereocenters. The van der Waals surface area contributed by atoms with E-state index in [4.69, 9.17) is 0 Å². The lowest BCUT2D eigenvalue weighted by Gasteiger charge is -2.01. The average molecular weight is 292 g/mol. The number of rotatable bonds is 6. The number of halogens is 1. The van der Waals surface area contributed by atoms with Crippen LogP contribution in [0.5, 0.6) is 0 Å². The monoisotopic (exact) mass is 292 g/mol. The van der Waals surface area contributed by atoms with Crippen LogP contribution in [0.15, 0.2) is 18.2 Å². The van der Waals surface area contributed by atoms with Gasteiger partial charge in [0.2, 0.25) is 0 Å². The second kappa shape index (κ2) is 6.95. The van der Waals surface area contributed by atoms with Crippen LogP contribution in [0.25, 0.3) is 10.6 Å². The average Bonchev–Trinajstić information content (AvgIpc) is 2.82. The highest BCUT2D eigenvalue weighted by atomic mass is 32.1. The van der Waals surface area contributed by atoms with Gasteiger partial charge in [-0.1, -0.05) is 19.9 Å². The SMILES string of the molecule is CCCNCc1sc(-c2ccc(C)cc2F)nc1CC. The first-order chi connectivity index (χ1) is 9.65. The third-order valence-corrected chi connectivity index (χ3v) is 4.31. The van der Waals surface area contributed by atoms with Gasteiger partial charge in [0.1, 0.15) is 10.8 Å². The highest BCUT2D eigenvalue weighted by Gasteiger charge is 2.14. The zero-order chi connectivity index (χ0) is 14.5. The van der Waals surface area contributed by atoms with E-state index in [1.54, 1.807) is 17.4 Å². The third kappa shape index (κ3) is 3.44. The molecule has 4 heteroatoms. The number of thiazole rings is 1. The summed E-state index contributed by atoms with van der Waals surface area (Å²) < 4.78 is 14.0. The summed E-state index contributed by atoms with van der Waals surface area (Å²) in [5.74, 6) is -0.186. The van der Waals surface area contributed by atoms with Crippen molar-refractivity contribution in [2.75, 3.05) is 6.54 Å². The maximum Gasteiger partial charge on any atom is 0.133 e. The Labute approximate surface area is 124 Å². The number of hydrogen-bond donors (Lipinski definition) is 1. The minimum atomic E-state index is -0.186. The molecule has 0 saturated carbocycles. The summed E-state index contributed by atoms with van der Waals surface area (Å²) in [6.07, 6.45) is 1.99. The summed E-state index contributed by atoms with van der Waals surface area (Å²) >= 11 is 1.59. The largest absolute Gasteiger partial charge is 0.312 e. The molecule has 1 heterocycles. The number of nitrogens with one attached hydrogen (secondary N) is 1. The van der Waals surface area contributed by atoms with Crippen molar-refractivity contribution in [3.8, 4) is 10.6 Å². The molecule has 2 rings (SSSR count). The lowest BCUT2D eigenvalue weighted by Crippen LogP contribution is -2.13. The second-order valence-corrected chi connectivity index (χ2v) is 5.99. The van der Waals surface area contributed by atoms with E-state index in [-0.39, 0.29) is 5.82 Å². The highest BCUT2D eigenvalue weighted by Crippen LogP contribution is 2.30. The Morgan fingerprint density at radius 3 is 2.75 bits per heavy atom. The minimum Gasteiger partial charge on any atom is -0.312 e. The van der Waals surface area contributed by atoms with E-state index in [1.807, 2.05) is 19.1 Å². The van der Waals surface area contributed by atoms with Crippen LogP contribution in [0, 0.1) is 12.7 Å². The van der Waals surface area contributed by atoms with Crippen molar-refractivity contribution < 1.29 is 4.39 Å². The van der Waals surface area contributed by atoms with Crippen LogP contribution >= 0.6 is 11.3 Å². The summed E-state index contributed by atoms with van der Waals surface area (Å²) in [7, 11) is 0. The third-order valence-electron chi connectivity index (χ3n) is 3.18. The molecule has 108 valence electrons. The van der Waals surface area contributed by atoms with E-state index in [1.165, 1.54) is 4.88 Å². The van der Waals surface area contributed by atoms with Gasteiger partial charge >= 0.3 is 0 Å². The predicted molar refractivity (Wildman–Crippen MR) is 83.6 cm³/mol. The van der Waals surface area contributed by atoms with Crippen molar-refractivity contribution in [3.63, 3.8) is 0 Å². The first-order valence-corrected chi connectivity index (χ1v) is 7.93. The molecule has 2 nitrogen and oxygen atoms in total. The van der Waals surface area contributed by atoms with Crippen molar-refractivity contribution in [1.29, 1.82) is 0 Å². The summed E-state index contributed by atoms with van der Waals surface area (Å²) in [6, 6.07) is 5.32. The fourth-order valence-electron chi connectivity index (χ4n) is 2.09. The van der Waals surface area contributed by atoms with Crippen molar-refractivity contribution in [2.24, 2.45) is 0 Å².